The number of morpholine rings is 1. The van der Waals surface area contributed by atoms with Crippen molar-refractivity contribution in [3.8, 4) is 0 Å². The van der Waals surface area contributed by atoms with Crippen molar-refractivity contribution in [2.75, 3.05) is 38.2 Å². The minimum atomic E-state index is 0.459. The molecule has 8 heteroatoms. The molecule has 0 aliphatic carbocycles. The van der Waals surface area contributed by atoms with E-state index in [-0.39, 0.29) is 0 Å². The van der Waals surface area contributed by atoms with Gasteiger partial charge in [-0.15, -0.1) is 14.8 Å². The highest BCUT2D eigenvalue weighted by atomic mass is 16.5. The predicted octanol–water partition coefficient (Wildman–Crippen LogP) is 0.288. The molecule has 0 saturated carbocycles. The van der Waals surface area contributed by atoms with Crippen LogP contribution in [0.4, 0.5) is 5.82 Å². The number of rotatable bonds is 5. The third-order valence-corrected chi connectivity index (χ3v) is 3.85. The van der Waals surface area contributed by atoms with Gasteiger partial charge in [0.2, 0.25) is 0 Å². The Morgan fingerprint density at radius 1 is 1.29 bits per heavy atom. The minimum Gasteiger partial charge on any atom is -0.379 e. The second kappa shape index (κ2) is 6.31. The van der Waals surface area contributed by atoms with Gasteiger partial charge in [-0.2, -0.15) is 0 Å². The first-order valence-corrected chi connectivity index (χ1v) is 7.35. The Labute approximate surface area is 123 Å². The topological polar surface area (TPSA) is 80.5 Å². The minimum absolute atomic E-state index is 0.459. The molecule has 3 heterocycles. The van der Waals surface area contributed by atoms with Crippen LogP contribution in [0.15, 0.2) is 12.1 Å². The maximum absolute atomic E-state index is 5.43. The van der Waals surface area contributed by atoms with Gasteiger partial charge in [0.15, 0.2) is 5.65 Å². The number of aromatic nitrogens is 5. The molecule has 3 rings (SSSR count). The van der Waals surface area contributed by atoms with E-state index in [4.69, 9.17) is 4.74 Å². The van der Waals surface area contributed by atoms with Gasteiger partial charge in [-0.1, -0.05) is 13.8 Å². The highest BCUT2D eigenvalue weighted by molar-refractivity contribution is 5.42. The summed E-state index contributed by atoms with van der Waals surface area (Å²) in [4.78, 5) is 2.48. The van der Waals surface area contributed by atoms with Crippen LogP contribution < -0.4 is 5.32 Å². The van der Waals surface area contributed by atoms with Gasteiger partial charge in [0, 0.05) is 25.7 Å². The van der Waals surface area contributed by atoms with E-state index in [0.717, 1.165) is 38.7 Å². The largest absolute Gasteiger partial charge is 0.379 e. The van der Waals surface area contributed by atoms with Gasteiger partial charge in [0.1, 0.15) is 5.82 Å². The Morgan fingerprint density at radius 3 is 2.86 bits per heavy atom. The van der Waals surface area contributed by atoms with Gasteiger partial charge in [0.25, 0.3) is 0 Å². The molecule has 21 heavy (non-hydrogen) atoms. The summed E-state index contributed by atoms with van der Waals surface area (Å²) in [5.74, 6) is 1.35. The Kier molecular flexibility index (Phi) is 4.26. The molecule has 1 fully saturated rings. The molecule has 2 aromatic heterocycles. The van der Waals surface area contributed by atoms with Crippen LogP contribution in [0.1, 0.15) is 13.8 Å². The van der Waals surface area contributed by atoms with Crippen LogP contribution in [0.25, 0.3) is 5.65 Å². The van der Waals surface area contributed by atoms with Crippen LogP contribution in [0, 0.1) is 5.92 Å². The second-order valence-electron chi connectivity index (χ2n) is 5.59. The van der Waals surface area contributed by atoms with E-state index in [1.165, 1.54) is 4.63 Å². The van der Waals surface area contributed by atoms with E-state index in [1.807, 2.05) is 12.1 Å². The van der Waals surface area contributed by atoms with Crippen molar-refractivity contribution in [1.29, 1.82) is 0 Å². The van der Waals surface area contributed by atoms with Crippen molar-refractivity contribution >= 4 is 11.5 Å². The lowest BCUT2D eigenvalue weighted by Gasteiger charge is -2.37. The van der Waals surface area contributed by atoms with E-state index in [9.17, 15) is 0 Å². The molecule has 1 aliphatic rings. The number of hydrogen-bond acceptors (Lipinski definition) is 7. The number of anilines is 1. The van der Waals surface area contributed by atoms with Crippen molar-refractivity contribution in [3.63, 3.8) is 0 Å². The molecule has 1 aliphatic heterocycles. The molecule has 1 saturated heterocycles. The van der Waals surface area contributed by atoms with Crippen molar-refractivity contribution in [1.82, 2.24) is 30.2 Å². The van der Waals surface area contributed by atoms with Crippen molar-refractivity contribution in [2.45, 2.75) is 19.9 Å². The fourth-order valence-electron chi connectivity index (χ4n) is 2.65. The maximum Gasteiger partial charge on any atom is 0.200 e. The zero-order chi connectivity index (χ0) is 14.7. The van der Waals surface area contributed by atoms with E-state index in [0.29, 0.717) is 17.6 Å². The van der Waals surface area contributed by atoms with E-state index in [2.05, 4.69) is 44.7 Å². The van der Waals surface area contributed by atoms with E-state index >= 15 is 0 Å². The third-order valence-electron chi connectivity index (χ3n) is 3.85. The van der Waals surface area contributed by atoms with Crippen molar-refractivity contribution in [2.24, 2.45) is 5.92 Å². The molecule has 0 amide bonds. The number of ether oxygens (including phenoxy) is 1. The van der Waals surface area contributed by atoms with Gasteiger partial charge in [-0.25, -0.2) is 0 Å². The fraction of sp³-hybridized carbons (Fsp3) is 0.692. The summed E-state index contributed by atoms with van der Waals surface area (Å²) in [6, 6.07) is 4.22. The Balaban J connectivity index is 1.65. The van der Waals surface area contributed by atoms with E-state index in [1.54, 1.807) is 0 Å². The predicted molar refractivity (Wildman–Crippen MR) is 78.1 cm³/mol. The summed E-state index contributed by atoms with van der Waals surface area (Å²) in [5.41, 5.74) is 0.647. The van der Waals surface area contributed by atoms with Gasteiger partial charge < -0.3 is 10.1 Å². The van der Waals surface area contributed by atoms with Crippen molar-refractivity contribution in [3.05, 3.63) is 12.1 Å². The second-order valence-corrected chi connectivity index (χ2v) is 5.59. The molecule has 8 nitrogen and oxygen atoms in total. The van der Waals surface area contributed by atoms with Crippen LogP contribution in [-0.2, 0) is 4.74 Å². The maximum atomic E-state index is 5.43. The molecule has 0 radical (unpaired) electrons. The lowest BCUT2D eigenvalue weighted by Crippen LogP contribution is -2.49. The normalized spacial score (nSPS) is 18.2. The average molecular weight is 291 g/mol. The molecule has 0 spiro atoms. The van der Waals surface area contributed by atoms with Crippen molar-refractivity contribution < 1.29 is 4.74 Å². The Bertz CT molecular complexity index is 579. The lowest BCUT2D eigenvalue weighted by atomic mass is 10.0. The molecule has 114 valence electrons. The molecule has 2 aromatic rings. The lowest BCUT2D eigenvalue weighted by molar-refractivity contribution is 0.00953. The highest BCUT2D eigenvalue weighted by Crippen LogP contribution is 2.14. The first-order valence-electron chi connectivity index (χ1n) is 7.35. The summed E-state index contributed by atoms with van der Waals surface area (Å²) in [5, 5.41) is 19.0. The summed E-state index contributed by atoms with van der Waals surface area (Å²) < 4.78 is 6.86. The molecule has 0 bridgehead atoms. The summed E-state index contributed by atoms with van der Waals surface area (Å²) in [6.45, 7) is 8.96. The number of fused-ring (bicyclic) bond motifs is 1. The smallest absolute Gasteiger partial charge is 0.200 e. The van der Waals surface area contributed by atoms with Gasteiger partial charge >= 0.3 is 0 Å². The third kappa shape index (κ3) is 3.27. The zero-order valence-electron chi connectivity index (χ0n) is 12.4. The first-order chi connectivity index (χ1) is 10.2. The molecule has 0 aromatic carbocycles. The Morgan fingerprint density at radius 2 is 2.10 bits per heavy atom. The van der Waals surface area contributed by atoms with Crippen LogP contribution in [0.5, 0.6) is 0 Å². The molecule has 1 atom stereocenters. The average Bonchev–Trinajstić information content (AvgIpc) is 2.96. The van der Waals surface area contributed by atoms with Crippen LogP contribution in [-0.4, -0.2) is 69.0 Å². The zero-order valence-corrected chi connectivity index (χ0v) is 12.4. The number of nitrogens with one attached hydrogen (secondary N) is 1. The SMILES string of the molecule is CC(C)[C@H](CNc1ccc2nnnn2n1)N1CCOCC1. The standard InChI is InChI=1S/C13H21N7O/c1-10(2)11(19-5-7-21-8-6-19)9-14-12-3-4-13-15-17-18-20(13)16-12/h3-4,10-11H,5-9H2,1-2H3,(H,14,16)/t11-/m0/s1. The summed E-state index contributed by atoms with van der Waals surface area (Å²) in [6.07, 6.45) is 0. The number of tetrazole rings is 1. The van der Waals surface area contributed by atoms with Crippen LogP contribution in [0.2, 0.25) is 0 Å². The number of hydrogen-bond donors (Lipinski definition) is 1. The van der Waals surface area contributed by atoms with Gasteiger partial charge in [-0.05, 0) is 28.5 Å². The van der Waals surface area contributed by atoms with Gasteiger partial charge in [0.05, 0.1) is 13.2 Å². The fourth-order valence-corrected chi connectivity index (χ4v) is 2.65. The summed E-state index contributed by atoms with van der Waals surface area (Å²) >= 11 is 0. The quantitative estimate of drug-likeness (QED) is 0.848. The molecular weight excluding hydrogens is 270 g/mol. The van der Waals surface area contributed by atoms with Crippen LogP contribution in [0.3, 0.4) is 0 Å². The molecular formula is C13H21N7O. The van der Waals surface area contributed by atoms with Gasteiger partial charge in [-0.3, -0.25) is 4.90 Å². The van der Waals surface area contributed by atoms with E-state index < -0.39 is 0 Å². The first kappa shape index (κ1) is 14.2. The highest BCUT2D eigenvalue weighted by Gasteiger charge is 2.23. The Hall–Kier alpha value is -1.80. The van der Waals surface area contributed by atoms with Crippen LogP contribution >= 0.6 is 0 Å². The monoisotopic (exact) mass is 291 g/mol. The summed E-state index contributed by atoms with van der Waals surface area (Å²) in [7, 11) is 0. The molecule has 1 N–H and O–H groups in total. The number of nitrogens with zero attached hydrogens (tertiary/aromatic N) is 6. The molecule has 0 unspecified atom stereocenters.